The van der Waals surface area contributed by atoms with Gasteiger partial charge in [0, 0.05) is 29.5 Å². The summed E-state index contributed by atoms with van der Waals surface area (Å²) in [6.07, 6.45) is 0.382. The largest absolute Gasteiger partial charge is 0.497 e. The predicted octanol–water partition coefficient (Wildman–Crippen LogP) is 2.91. The van der Waals surface area contributed by atoms with E-state index in [1.807, 2.05) is 43.3 Å². The Kier molecular flexibility index (Phi) is 4.29. The molecular formula is C22H24N2O4. The number of nitrogens with one attached hydrogen (secondary N) is 2. The molecule has 1 aliphatic heterocycles. The summed E-state index contributed by atoms with van der Waals surface area (Å²) < 4.78 is 11.2. The van der Waals surface area contributed by atoms with E-state index < -0.39 is 5.54 Å². The van der Waals surface area contributed by atoms with Crippen LogP contribution >= 0.6 is 0 Å². The lowest BCUT2D eigenvalue weighted by Gasteiger charge is -2.33. The van der Waals surface area contributed by atoms with Crippen molar-refractivity contribution >= 4 is 11.8 Å². The van der Waals surface area contributed by atoms with Gasteiger partial charge in [-0.3, -0.25) is 9.59 Å². The van der Waals surface area contributed by atoms with Gasteiger partial charge in [-0.25, -0.2) is 0 Å². The third-order valence-corrected chi connectivity index (χ3v) is 6.03. The molecular weight excluding hydrogens is 356 g/mol. The molecule has 1 heterocycles. The zero-order valence-electron chi connectivity index (χ0n) is 16.5. The number of methoxy groups -OCH3 is 2. The Morgan fingerprint density at radius 2 is 1.93 bits per heavy atom. The normalized spacial score (nSPS) is 24.5. The van der Waals surface area contributed by atoms with Crippen molar-refractivity contribution in [2.24, 2.45) is 5.92 Å². The van der Waals surface area contributed by atoms with E-state index in [1.165, 1.54) is 0 Å². The van der Waals surface area contributed by atoms with Crippen LogP contribution in [-0.4, -0.2) is 26.0 Å². The maximum absolute atomic E-state index is 12.8. The summed E-state index contributed by atoms with van der Waals surface area (Å²) in [4.78, 5) is 25.1. The number of carbonyl (C=O) groups is 2. The number of hydrogen-bond acceptors (Lipinski definition) is 4. The first kappa shape index (κ1) is 18.3. The molecule has 28 heavy (non-hydrogen) atoms. The molecule has 0 fully saturated rings. The van der Waals surface area contributed by atoms with E-state index >= 15 is 0 Å². The lowest BCUT2D eigenvalue weighted by molar-refractivity contribution is -0.121. The number of hydrogen-bond donors (Lipinski definition) is 2. The van der Waals surface area contributed by atoms with Crippen LogP contribution in [-0.2, 0) is 10.3 Å². The van der Waals surface area contributed by atoms with Crippen LogP contribution in [0.15, 0.2) is 36.4 Å². The molecule has 0 radical (unpaired) electrons. The van der Waals surface area contributed by atoms with Gasteiger partial charge in [-0.15, -0.1) is 0 Å². The smallest absolute Gasteiger partial charge is 0.252 e. The number of carbonyl (C=O) groups excluding carboxylic acids is 2. The number of amides is 2. The van der Waals surface area contributed by atoms with Crippen LogP contribution in [0.4, 0.5) is 0 Å². The van der Waals surface area contributed by atoms with Gasteiger partial charge in [0.2, 0.25) is 5.91 Å². The zero-order chi connectivity index (χ0) is 20.1. The first-order valence-electron chi connectivity index (χ1n) is 9.45. The Morgan fingerprint density at radius 1 is 1.18 bits per heavy atom. The van der Waals surface area contributed by atoms with Gasteiger partial charge in [-0.2, -0.15) is 0 Å². The molecule has 2 aliphatic rings. The van der Waals surface area contributed by atoms with Crippen molar-refractivity contribution in [3.8, 4) is 11.5 Å². The Balaban J connectivity index is 2.01. The molecule has 0 saturated heterocycles. The molecule has 0 aromatic heterocycles. The molecule has 2 amide bonds. The van der Waals surface area contributed by atoms with Crippen molar-refractivity contribution in [2.75, 3.05) is 14.2 Å². The molecule has 6 heteroatoms. The van der Waals surface area contributed by atoms with E-state index in [2.05, 4.69) is 17.6 Å². The highest BCUT2D eigenvalue weighted by molar-refractivity contribution is 6.01. The lowest BCUT2D eigenvalue weighted by atomic mass is 9.78. The second kappa shape index (κ2) is 6.55. The molecule has 2 N–H and O–H groups in total. The SMILES string of the molecule is CCC(=O)N[C@H]1c2c(OC)cc(OC)cc2[C@@]2(NC(=O)c3ccccc32)[C@@H]1C. The van der Waals surface area contributed by atoms with Crippen LogP contribution in [0.5, 0.6) is 11.5 Å². The first-order valence-corrected chi connectivity index (χ1v) is 9.45. The van der Waals surface area contributed by atoms with Crippen molar-refractivity contribution in [3.63, 3.8) is 0 Å². The minimum atomic E-state index is -0.753. The maximum Gasteiger partial charge on any atom is 0.252 e. The van der Waals surface area contributed by atoms with Gasteiger partial charge < -0.3 is 20.1 Å². The van der Waals surface area contributed by atoms with Crippen LogP contribution < -0.4 is 20.1 Å². The Hall–Kier alpha value is -3.02. The van der Waals surface area contributed by atoms with E-state index in [1.54, 1.807) is 14.2 Å². The third-order valence-electron chi connectivity index (χ3n) is 6.03. The lowest BCUT2D eigenvalue weighted by Crippen LogP contribution is -2.45. The highest BCUT2D eigenvalue weighted by Gasteiger charge is 2.57. The van der Waals surface area contributed by atoms with E-state index in [0.29, 0.717) is 23.5 Å². The summed E-state index contributed by atoms with van der Waals surface area (Å²) in [6.45, 7) is 3.87. The average molecular weight is 380 g/mol. The summed E-state index contributed by atoms with van der Waals surface area (Å²) >= 11 is 0. The quantitative estimate of drug-likeness (QED) is 0.855. The molecule has 1 spiro atoms. The van der Waals surface area contributed by atoms with Crippen molar-refractivity contribution in [3.05, 3.63) is 58.7 Å². The van der Waals surface area contributed by atoms with Gasteiger partial charge in [0.1, 0.15) is 11.5 Å². The van der Waals surface area contributed by atoms with E-state index in [-0.39, 0.29) is 23.8 Å². The van der Waals surface area contributed by atoms with Crippen LogP contribution in [0, 0.1) is 5.92 Å². The Bertz CT molecular complexity index is 971. The summed E-state index contributed by atoms with van der Waals surface area (Å²) in [5, 5.41) is 6.36. The average Bonchev–Trinajstić information content (AvgIpc) is 3.15. The molecule has 1 aliphatic carbocycles. The summed E-state index contributed by atoms with van der Waals surface area (Å²) in [7, 11) is 3.20. The fraction of sp³-hybridized carbons (Fsp3) is 0.364. The summed E-state index contributed by atoms with van der Waals surface area (Å²) in [5.74, 6) is 1.00. The summed E-state index contributed by atoms with van der Waals surface area (Å²) in [6, 6.07) is 11.1. The zero-order valence-corrected chi connectivity index (χ0v) is 16.5. The van der Waals surface area contributed by atoms with Gasteiger partial charge in [0.15, 0.2) is 0 Å². The Labute approximate surface area is 164 Å². The summed E-state index contributed by atoms with van der Waals surface area (Å²) in [5.41, 5.74) is 2.60. The van der Waals surface area contributed by atoms with Gasteiger partial charge >= 0.3 is 0 Å². The molecule has 2 aromatic carbocycles. The van der Waals surface area contributed by atoms with E-state index in [4.69, 9.17) is 9.47 Å². The second-order valence-electron chi connectivity index (χ2n) is 7.29. The molecule has 146 valence electrons. The standard InChI is InChI=1S/C22H24N2O4/c1-5-18(25)23-20-12(2)22(15-9-7-6-8-14(15)21(26)24-22)16-10-13(27-3)11-17(28-4)19(16)20/h6-12,20H,5H2,1-4H3,(H,23,25)(H,24,26)/t12-,20-,22-/m1/s1. The monoisotopic (exact) mass is 380 g/mol. The van der Waals surface area contributed by atoms with Gasteiger partial charge in [-0.05, 0) is 23.3 Å². The van der Waals surface area contributed by atoms with Crippen LogP contribution in [0.3, 0.4) is 0 Å². The van der Waals surface area contributed by atoms with Gasteiger partial charge in [0.05, 0.1) is 25.8 Å². The minimum absolute atomic E-state index is 0.0460. The highest BCUT2D eigenvalue weighted by Crippen LogP contribution is 2.57. The number of ether oxygens (including phenoxy) is 2. The van der Waals surface area contributed by atoms with E-state index in [9.17, 15) is 9.59 Å². The van der Waals surface area contributed by atoms with Crippen molar-refractivity contribution in [1.82, 2.24) is 10.6 Å². The molecule has 0 bridgehead atoms. The van der Waals surface area contributed by atoms with Crippen LogP contribution in [0.25, 0.3) is 0 Å². The molecule has 0 saturated carbocycles. The number of benzene rings is 2. The van der Waals surface area contributed by atoms with Gasteiger partial charge in [-0.1, -0.05) is 32.0 Å². The first-order chi connectivity index (χ1) is 13.5. The topological polar surface area (TPSA) is 76.7 Å². The molecule has 6 nitrogen and oxygen atoms in total. The molecule has 4 rings (SSSR count). The van der Waals surface area contributed by atoms with Crippen LogP contribution in [0.1, 0.15) is 53.4 Å². The second-order valence-corrected chi connectivity index (χ2v) is 7.29. The highest BCUT2D eigenvalue weighted by atomic mass is 16.5. The molecule has 2 aromatic rings. The van der Waals surface area contributed by atoms with E-state index in [0.717, 1.165) is 16.7 Å². The minimum Gasteiger partial charge on any atom is -0.497 e. The maximum atomic E-state index is 12.8. The number of rotatable bonds is 4. The predicted molar refractivity (Wildman–Crippen MR) is 105 cm³/mol. The van der Waals surface area contributed by atoms with Crippen molar-refractivity contribution in [2.45, 2.75) is 31.8 Å². The third kappa shape index (κ3) is 2.33. The molecule has 3 atom stereocenters. The van der Waals surface area contributed by atoms with Crippen LogP contribution in [0.2, 0.25) is 0 Å². The van der Waals surface area contributed by atoms with Crippen molar-refractivity contribution in [1.29, 1.82) is 0 Å². The fourth-order valence-electron chi connectivity index (χ4n) is 4.66. The Morgan fingerprint density at radius 3 is 2.61 bits per heavy atom. The fourth-order valence-corrected chi connectivity index (χ4v) is 4.66. The molecule has 0 unspecified atom stereocenters. The van der Waals surface area contributed by atoms with Gasteiger partial charge in [0.25, 0.3) is 5.91 Å². The number of fused-ring (bicyclic) bond motifs is 4. The van der Waals surface area contributed by atoms with Crippen molar-refractivity contribution < 1.29 is 19.1 Å².